The summed E-state index contributed by atoms with van der Waals surface area (Å²) in [6.07, 6.45) is 5.20. The van der Waals surface area contributed by atoms with E-state index in [0.717, 1.165) is 10.3 Å². The summed E-state index contributed by atoms with van der Waals surface area (Å²) in [5, 5.41) is 5.92. The third kappa shape index (κ3) is 3.36. The molecule has 0 unspecified atom stereocenters. The van der Waals surface area contributed by atoms with Crippen LogP contribution in [0.5, 0.6) is 0 Å². The standard InChI is InChI=1S/C13H16BrN5O/c1-3-15-12-10(6-9(14)7-17-12)13(20)18-8-11-16-4-5-19(11)2/h4-7H,3,8H2,1-2H3,(H,15,17)(H,18,20). The lowest BCUT2D eigenvalue weighted by Crippen LogP contribution is -2.25. The van der Waals surface area contributed by atoms with Gasteiger partial charge in [-0.15, -0.1) is 0 Å². The zero-order chi connectivity index (χ0) is 14.5. The third-order valence-corrected chi connectivity index (χ3v) is 3.20. The largest absolute Gasteiger partial charge is 0.370 e. The van der Waals surface area contributed by atoms with E-state index in [1.165, 1.54) is 0 Å². The number of hydrogen-bond donors (Lipinski definition) is 2. The number of amides is 1. The minimum absolute atomic E-state index is 0.183. The Morgan fingerprint density at radius 1 is 1.45 bits per heavy atom. The maximum Gasteiger partial charge on any atom is 0.255 e. The van der Waals surface area contributed by atoms with Crippen molar-refractivity contribution in [3.05, 3.63) is 40.5 Å². The Balaban J connectivity index is 2.12. The minimum atomic E-state index is -0.183. The highest BCUT2D eigenvalue weighted by Gasteiger charge is 2.13. The summed E-state index contributed by atoms with van der Waals surface area (Å²) in [5.41, 5.74) is 0.510. The Morgan fingerprint density at radius 3 is 2.90 bits per heavy atom. The van der Waals surface area contributed by atoms with Gasteiger partial charge in [-0.05, 0) is 28.9 Å². The predicted molar refractivity (Wildman–Crippen MR) is 80.5 cm³/mol. The van der Waals surface area contributed by atoms with Gasteiger partial charge in [0.25, 0.3) is 5.91 Å². The van der Waals surface area contributed by atoms with Gasteiger partial charge in [-0.25, -0.2) is 9.97 Å². The molecule has 6 nitrogen and oxygen atoms in total. The number of nitrogens with one attached hydrogen (secondary N) is 2. The number of aromatic nitrogens is 3. The molecule has 1 amide bonds. The molecule has 0 saturated carbocycles. The first-order valence-corrected chi connectivity index (χ1v) is 7.05. The summed E-state index contributed by atoms with van der Waals surface area (Å²) < 4.78 is 2.63. The molecular weight excluding hydrogens is 322 g/mol. The highest BCUT2D eigenvalue weighted by molar-refractivity contribution is 9.10. The van der Waals surface area contributed by atoms with Crippen LogP contribution in [0.4, 0.5) is 5.82 Å². The van der Waals surface area contributed by atoms with Crippen LogP contribution >= 0.6 is 15.9 Å². The van der Waals surface area contributed by atoms with E-state index in [1.807, 2.05) is 24.7 Å². The number of carbonyl (C=O) groups excluding carboxylic acids is 1. The van der Waals surface area contributed by atoms with Gasteiger partial charge in [-0.2, -0.15) is 0 Å². The topological polar surface area (TPSA) is 71.8 Å². The van der Waals surface area contributed by atoms with Crippen molar-refractivity contribution in [2.24, 2.45) is 7.05 Å². The molecule has 0 radical (unpaired) electrons. The van der Waals surface area contributed by atoms with Gasteiger partial charge in [0.1, 0.15) is 11.6 Å². The minimum Gasteiger partial charge on any atom is -0.370 e. The Bertz CT molecular complexity index is 611. The lowest BCUT2D eigenvalue weighted by atomic mass is 10.2. The number of carbonyl (C=O) groups is 1. The molecule has 2 aromatic heterocycles. The first-order chi connectivity index (χ1) is 9.61. The number of aryl methyl sites for hydroxylation is 1. The Hall–Kier alpha value is -1.89. The molecule has 0 atom stereocenters. The van der Waals surface area contributed by atoms with Crippen molar-refractivity contribution in [2.75, 3.05) is 11.9 Å². The molecule has 0 fully saturated rings. The van der Waals surface area contributed by atoms with E-state index in [-0.39, 0.29) is 5.91 Å². The molecular formula is C13H16BrN5O. The van der Waals surface area contributed by atoms with Crippen molar-refractivity contribution in [3.63, 3.8) is 0 Å². The van der Waals surface area contributed by atoms with Crippen molar-refractivity contribution in [1.82, 2.24) is 19.9 Å². The molecule has 2 aromatic rings. The number of halogens is 1. The SMILES string of the molecule is CCNc1ncc(Br)cc1C(=O)NCc1nccn1C. The number of hydrogen-bond acceptors (Lipinski definition) is 4. The summed E-state index contributed by atoms with van der Waals surface area (Å²) in [4.78, 5) is 20.6. The molecule has 0 aliphatic rings. The lowest BCUT2D eigenvalue weighted by Gasteiger charge is -2.10. The zero-order valence-corrected chi connectivity index (χ0v) is 12.9. The molecule has 7 heteroatoms. The van der Waals surface area contributed by atoms with Crippen molar-refractivity contribution in [3.8, 4) is 0 Å². The Morgan fingerprint density at radius 2 is 2.25 bits per heavy atom. The highest BCUT2D eigenvalue weighted by Crippen LogP contribution is 2.18. The Kier molecular flexibility index (Phi) is 4.73. The zero-order valence-electron chi connectivity index (χ0n) is 11.4. The summed E-state index contributed by atoms with van der Waals surface area (Å²) >= 11 is 3.33. The molecule has 106 valence electrons. The normalized spacial score (nSPS) is 10.3. The van der Waals surface area contributed by atoms with Gasteiger partial charge in [0.15, 0.2) is 0 Å². The summed E-state index contributed by atoms with van der Waals surface area (Å²) in [5.74, 6) is 1.19. The molecule has 2 rings (SSSR count). The van der Waals surface area contributed by atoms with E-state index in [2.05, 4.69) is 36.5 Å². The summed E-state index contributed by atoms with van der Waals surface area (Å²) in [6, 6.07) is 1.75. The molecule has 2 N–H and O–H groups in total. The third-order valence-electron chi connectivity index (χ3n) is 2.77. The lowest BCUT2D eigenvalue weighted by molar-refractivity contribution is 0.0950. The van der Waals surface area contributed by atoms with Crippen LogP contribution in [-0.4, -0.2) is 27.0 Å². The van der Waals surface area contributed by atoms with Crippen LogP contribution in [0.2, 0.25) is 0 Å². The molecule has 0 spiro atoms. The van der Waals surface area contributed by atoms with Gasteiger partial charge < -0.3 is 15.2 Å². The van der Waals surface area contributed by atoms with Crippen LogP contribution < -0.4 is 10.6 Å². The maximum absolute atomic E-state index is 12.3. The fraction of sp³-hybridized carbons (Fsp3) is 0.308. The summed E-state index contributed by atoms with van der Waals surface area (Å²) in [7, 11) is 1.89. The molecule has 0 bridgehead atoms. The summed E-state index contributed by atoms with van der Waals surface area (Å²) in [6.45, 7) is 3.04. The van der Waals surface area contributed by atoms with Crippen LogP contribution in [-0.2, 0) is 13.6 Å². The quantitative estimate of drug-likeness (QED) is 0.874. The van der Waals surface area contributed by atoms with Crippen molar-refractivity contribution in [1.29, 1.82) is 0 Å². The van der Waals surface area contributed by atoms with Crippen molar-refractivity contribution in [2.45, 2.75) is 13.5 Å². The average Bonchev–Trinajstić information content (AvgIpc) is 2.84. The number of nitrogens with zero attached hydrogens (tertiary/aromatic N) is 3. The number of rotatable bonds is 5. The molecule has 0 aliphatic carbocycles. The van der Waals surface area contributed by atoms with Gasteiger partial charge in [0.2, 0.25) is 0 Å². The fourth-order valence-corrected chi connectivity index (χ4v) is 2.07. The number of pyridine rings is 1. The van der Waals surface area contributed by atoms with Gasteiger partial charge >= 0.3 is 0 Å². The number of imidazole rings is 1. The second kappa shape index (κ2) is 6.51. The molecule has 20 heavy (non-hydrogen) atoms. The van der Waals surface area contributed by atoms with Crippen molar-refractivity contribution < 1.29 is 4.79 Å². The van der Waals surface area contributed by atoms with Crippen LogP contribution in [0.25, 0.3) is 0 Å². The molecule has 2 heterocycles. The molecule has 0 saturated heterocycles. The monoisotopic (exact) mass is 337 g/mol. The van der Waals surface area contributed by atoms with Crippen molar-refractivity contribution >= 4 is 27.7 Å². The Labute approximate surface area is 125 Å². The van der Waals surface area contributed by atoms with Crippen LogP contribution in [0.1, 0.15) is 23.1 Å². The molecule has 0 aromatic carbocycles. The van der Waals surface area contributed by atoms with Gasteiger partial charge in [-0.3, -0.25) is 4.79 Å². The van der Waals surface area contributed by atoms with Crippen LogP contribution in [0, 0.1) is 0 Å². The van der Waals surface area contributed by atoms with Gasteiger partial charge in [0, 0.05) is 36.7 Å². The second-order valence-corrected chi connectivity index (χ2v) is 5.13. The fourth-order valence-electron chi connectivity index (χ4n) is 1.74. The first-order valence-electron chi connectivity index (χ1n) is 6.25. The van der Waals surface area contributed by atoms with Gasteiger partial charge in [0.05, 0.1) is 12.1 Å². The predicted octanol–water partition coefficient (Wildman–Crippen LogP) is 1.94. The van der Waals surface area contributed by atoms with E-state index >= 15 is 0 Å². The smallest absolute Gasteiger partial charge is 0.255 e. The van der Waals surface area contributed by atoms with Gasteiger partial charge in [-0.1, -0.05) is 0 Å². The maximum atomic E-state index is 12.3. The van der Waals surface area contributed by atoms with E-state index in [1.54, 1.807) is 18.5 Å². The van der Waals surface area contributed by atoms with Crippen LogP contribution in [0.15, 0.2) is 29.1 Å². The van der Waals surface area contributed by atoms with E-state index in [4.69, 9.17) is 0 Å². The van der Waals surface area contributed by atoms with E-state index in [0.29, 0.717) is 24.5 Å². The van der Waals surface area contributed by atoms with E-state index in [9.17, 15) is 4.79 Å². The van der Waals surface area contributed by atoms with Crippen LogP contribution in [0.3, 0.4) is 0 Å². The van der Waals surface area contributed by atoms with E-state index < -0.39 is 0 Å². The second-order valence-electron chi connectivity index (χ2n) is 4.22. The average molecular weight is 338 g/mol. The molecule has 0 aliphatic heterocycles. The highest BCUT2D eigenvalue weighted by atomic mass is 79.9. The number of anilines is 1. The first kappa shape index (κ1) is 14.5.